The predicted octanol–water partition coefficient (Wildman–Crippen LogP) is 2.26. The van der Waals surface area contributed by atoms with Gasteiger partial charge in [-0.25, -0.2) is 9.89 Å². The van der Waals surface area contributed by atoms with Crippen molar-refractivity contribution in [2.45, 2.75) is 13.0 Å². The summed E-state index contributed by atoms with van der Waals surface area (Å²) in [6, 6.07) is 15.4. The Kier molecular flexibility index (Phi) is 4.65. The third kappa shape index (κ3) is 3.60. The molecule has 0 unspecified atom stereocenters. The second kappa shape index (κ2) is 7.04. The minimum Gasteiger partial charge on any atom is -0.496 e. The van der Waals surface area contributed by atoms with Crippen LogP contribution in [0, 0.1) is 0 Å². The molecule has 7 heteroatoms. The molecule has 25 heavy (non-hydrogen) atoms. The molecule has 0 aliphatic rings. The molecule has 0 bridgehead atoms. The molecule has 1 heterocycles. The van der Waals surface area contributed by atoms with E-state index >= 15 is 0 Å². The number of hydrogen-bond donors (Lipinski definition) is 3. The van der Waals surface area contributed by atoms with E-state index in [1.165, 1.54) is 0 Å². The second-order valence-electron chi connectivity index (χ2n) is 5.54. The number of benzene rings is 2. The first-order valence-corrected chi connectivity index (χ1v) is 7.77. The Bertz CT molecular complexity index is 928. The normalized spacial score (nSPS) is 11.8. The average Bonchev–Trinajstić information content (AvgIpc) is 3.08. The van der Waals surface area contributed by atoms with Crippen LogP contribution in [-0.2, 0) is 0 Å². The molecule has 0 radical (unpaired) electrons. The van der Waals surface area contributed by atoms with Crippen molar-refractivity contribution >= 4 is 5.91 Å². The number of H-pyrrole nitrogens is 2. The SMILES string of the molecule is COc1ccccc1-c1ccc([C@@H](C)NC(=O)c2n[nH]c(=O)[nH]2)cc1. The fraction of sp³-hybridized carbons (Fsp3) is 0.167. The summed E-state index contributed by atoms with van der Waals surface area (Å²) in [7, 11) is 1.64. The highest BCUT2D eigenvalue weighted by atomic mass is 16.5. The van der Waals surface area contributed by atoms with E-state index in [4.69, 9.17) is 4.74 Å². The van der Waals surface area contributed by atoms with Gasteiger partial charge in [-0.15, -0.1) is 5.10 Å². The van der Waals surface area contributed by atoms with Crippen LogP contribution in [0.1, 0.15) is 29.1 Å². The number of ether oxygens (including phenoxy) is 1. The standard InChI is InChI=1S/C18H18N4O3/c1-11(19-17(23)16-20-18(24)22-21-16)12-7-9-13(10-8-12)14-5-3-4-6-15(14)25-2/h3-11H,1-2H3,(H,19,23)(H2,20,21,22,24)/t11-/m1/s1. The van der Waals surface area contributed by atoms with Crippen LogP contribution in [0.2, 0.25) is 0 Å². The zero-order chi connectivity index (χ0) is 17.8. The number of methoxy groups -OCH3 is 1. The maximum atomic E-state index is 12.0. The van der Waals surface area contributed by atoms with E-state index in [0.29, 0.717) is 0 Å². The van der Waals surface area contributed by atoms with E-state index in [9.17, 15) is 9.59 Å². The van der Waals surface area contributed by atoms with Crippen molar-refractivity contribution in [2.75, 3.05) is 7.11 Å². The second-order valence-corrected chi connectivity index (χ2v) is 5.54. The molecule has 1 atom stereocenters. The molecule has 1 aromatic heterocycles. The summed E-state index contributed by atoms with van der Waals surface area (Å²) in [4.78, 5) is 25.4. The van der Waals surface area contributed by atoms with Crippen LogP contribution in [0.3, 0.4) is 0 Å². The number of nitrogens with one attached hydrogen (secondary N) is 3. The van der Waals surface area contributed by atoms with Crippen molar-refractivity contribution in [2.24, 2.45) is 0 Å². The summed E-state index contributed by atoms with van der Waals surface area (Å²) in [5.41, 5.74) is 2.45. The summed E-state index contributed by atoms with van der Waals surface area (Å²) in [6.45, 7) is 1.86. The van der Waals surface area contributed by atoms with Gasteiger partial charge in [-0.3, -0.25) is 9.78 Å². The smallest absolute Gasteiger partial charge is 0.341 e. The first-order valence-electron chi connectivity index (χ1n) is 7.77. The monoisotopic (exact) mass is 338 g/mol. The van der Waals surface area contributed by atoms with E-state index in [1.807, 2.05) is 55.5 Å². The van der Waals surface area contributed by atoms with Crippen LogP contribution in [0.15, 0.2) is 53.3 Å². The number of carbonyl (C=O) groups excluding carboxylic acids is 1. The van der Waals surface area contributed by atoms with Gasteiger partial charge in [0.25, 0.3) is 5.91 Å². The van der Waals surface area contributed by atoms with E-state index in [2.05, 4.69) is 20.5 Å². The van der Waals surface area contributed by atoms with Crippen molar-refractivity contribution in [3.63, 3.8) is 0 Å². The third-order valence-corrected chi connectivity index (χ3v) is 3.89. The molecular weight excluding hydrogens is 320 g/mol. The first kappa shape index (κ1) is 16.5. The van der Waals surface area contributed by atoms with Crippen LogP contribution in [0.25, 0.3) is 11.1 Å². The van der Waals surface area contributed by atoms with E-state index in [-0.39, 0.29) is 11.9 Å². The molecule has 0 aliphatic carbocycles. The molecule has 0 saturated carbocycles. The van der Waals surface area contributed by atoms with Crippen LogP contribution >= 0.6 is 0 Å². The number of carbonyl (C=O) groups is 1. The molecule has 128 valence electrons. The van der Waals surface area contributed by atoms with Crippen molar-refractivity contribution < 1.29 is 9.53 Å². The quantitative estimate of drug-likeness (QED) is 0.664. The maximum absolute atomic E-state index is 12.0. The summed E-state index contributed by atoms with van der Waals surface area (Å²) in [5, 5.41) is 8.57. The molecule has 0 spiro atoms. The summed E-state index contributed by atoms with van der Waals surface area (Å²) in [6.07, 6.45) is 0. The van der Waals surface area contributed by atoms with Gasteiger partial charge < -0.3 is 10.1 Å². The Morgan fingerprint density at radius 3 is 2.52 bits per heavy atom. The fourth-order valence-electron chi connectivity index (χ4n) is 2.56. The number of nitrogens with zero attached hydrogens (tertiary/aromatic N) is 1. The van der Waals surface area contributed by atoms with Crippen molar-refractivity contribution in [3.8, 4) is 16.9 Å². The van der Waals surface area contributed by atoms with E-state index in [0.717, 1.165) is 22.4 Å². The van der Waals surface area contributed by atoms with Crippen LogP contribution in [-0.4, -0.2) is 28.2 Å². The Labute approximate surface area is 144 Å². The number of para-hydroxylation sites is 1. The number of amides is 1. The summed E-state index contributed by atoms with van der Waals surface area (Å²) < 4.78 is 5.39. The Balaban J connectivity index is 1.75. The van der Waals surface area contributed by atoms with Gasteiger partial charge in [-0.1, -0.05) is 42.5 Å². The lowest BCUT2D eigenvalue weighted by atomic mass is 10.0. The van der Waals surface area contributed by atoms with Crippen LogP contribution in [0.5, 0.6) is 5.75 Å². The van der Waals surface area contributed by atoms with Gasteiger partial charge in [0.2, 0.25) is 5.82 Å². The summed E-state index contributed by atoms with van der Waals surface area (Å²) >= 11 is 0. The van der Waals surface area contributed by atoms with E-state index < -0.39 is 11.6 Å². The highest BCUT2D eigenvalue weighted by Gasteiger charge is 2.14. The van der Waals surface area contributed by atoms with E-state index in [1.54, 1.807) is 7.11 Å². The third-order valence-electron chi connectivity index (χ3n) is 3.89. The maximum Gasteiger partial charge on any atom is 0.341 e. The van der Waals surface area contributed by atoms with Gasteiger partial charge >= 0.3 is 5.69 Å². The number of hydrogen-bond acceptors (Lipinski definition) is 4. The summed E-state index contributed by atoms with van der Waals surface area (Å²) in [5.74, 6) is 0.321. The van der Waals surface area contributed by atoms with Gasteiger partial charge in [0.15, 0.2) is 0 Å². The molecule has 0 fully saturated rings. The molecular formula is C18H18N4O3. The van der Waals surface area contributed by atoms with Gasteiger partial charge in [-0.05, 0) is 24.1 Å². The zero-order valence-corrected chi connectivity index (χ0v) is 13.9. The lowest BCUT2D eigenvalue weighted by Gasteiger charge is -2.14. The molecule has 0 aliphatic heterocycles. The molecule has 1 amide bonds. The van der Waals surface area contributed by atoms with Gasteiger partial charge in [0, 0.05) is 5.56 Å². The molecule has 3 N–H and O–H groups in total. The van der Waals surface area contributed by atoms with Crippen molar-refractivity contribution in [1.82, 2.24) is 20.5 Å². The Morgan fingerprint density at radius 2 is 1.88 bits per heavy atom. The molecule has 3 rings (SSSR count). The fourth-order valence-corrected chi connectivity index (χ4v) is 2.56. The van der Waals surface area contributed by atoms with Gasteiger partial charge in [-0.2, -0.15) is 0 Å². The number of aromatic amines is 2. The van der Waals surface area contributed by atoms with Crippen LogP contribution in [0.4, 0.5) is 0 Å². The topological polar surface area (TPSA) is 99.9 Å². The van der Waals surface area contributed by atoms with Gasteiger partial charge in [0.1, 0.15) is 5.75 Å². The minimum absolute atomic E-state index is 0.0394. The Morgan fingerprint density at radius 1 is 1.16 bits per heavy atom. The largest absolute Gasteiger partial charge is 0.496 e. The zero-order valence-electron chi connectivity index (χ0n) is 13.9. The van der Waals surface area contributed by atoms with Crippen molar-refractivity contribution in [3.05, 3.63) is 70.4 Å². The van der Waals surface area contributed by atoms with Crippen molar-refractivity contribution in [1.29, 1.82) is 0 Å². The minimum atomic E-state index is -0.515. The number of aromatic nitrogens is 3. The first-order chi connectivity index (χ1) is 12.1. The lowest BCUT2D eigenvalue weighted by Crippen LogP contribution is -2.27. The predicted molar refractivity (Wildman–Crippen MR) is 93.5 cm³/mol. The average molecular weight is 338 g/mol. The number of rotatable bonds is 5. The molecule has 3 aromatic rings. The van der Waals surface area contributed by atoms with Crippen LogP contribution < -0.4 is 15.7 Å². The van der Waals surface area contributed by atoms with Gasteiger partial charge in [0.05, 0.1) is 13.2 Å². The lowest BCUT2D eigenvalue weighted by molar-refractivity contribution is 0.0929. The highest BCUT2D eigenvalue weighted by Crippen LogP contribution is 2.30. The highest BCUT2D eigenvalue weighted by molar-refractivity contribution is 5.90. The Hall–Kier alpha value is -3.35. The molecule has 2 aromatic carbocycles. The molecule has 0 saturated heterocycles. The molecule has 7 nitrogen and oxygen atoms in total.